The number of aldehydes is 1. The lowest BCUT2D eigenvalue weighted by Crippen LogP contribution is -2.34. The van der Waals surface area contributed by atoms with Crippen LogP contribution in [0.5, 0.6) is 5.75 Å². The molecule has 5 heteroatoms. The first-order valence-electron chi connectivity index (χ1n) is 4.38. The van der Waals surface area contributed by atoms with Crippen LogP contribution < -0.4 is 10.1 Å². The molecule has 0 bridgehead atoms. The van der Waals surface area contributed by atoms with E-state index in [9.17, 15) is 9.59 Å². The molecular formula is C10H8ClNO3. The van der Waals surface area contributed by atoms with Gasteiger partial charge in [-0.1, -0.05) is 11.6 Å². The molecule has 0 radical (unpaired) electrons. The van der Waals surface area contributed by atoms with Crippen molar-refractivity contribution in [1.82, 2.24) is 0 Å². The van der Waals surface area contributed by atoms with Crippen LogP contribution >= 0.6 is 11.6 Å². The van der Waals surface area contributed by atoms with Crippen molar-refractivity contribution >= 4 is 29.5 Å². The van der Waals surface area contributed by atoms with Crippen LogP contribution in [0.4, 0.5) is 5.69 Å². The topological polar surface area (TPSA) is 55.4 Å². The maximum atomic E-state index is 11.3. The minimum atomic E-state index is -0.546. The predicted molar refractivity (Wildman–Crippen MR) is 55.6 cm³/mol. The van der Waals surface area contributed by atoms with Crippen molar-refractivity contribution in [3.63, 3.8) is 0 Å². The van der Waals surface area contributed by atoms with Crippen LogP contribution in [0.2, 0.25) is 5.02 Å². The number of benzene rings is 1. The molecule has 0 fully saturated rings. The monoisotopic (exact) mass is 225 g/mol. The maximum Gasteiger partial charge on any atom is 0.265 e. The highest BCUT2D eigenvalue weighted by atomic mass is 35.5. The quantitative estimate of drug-likeness (QED) is 0.743. The van der Waals surface area contributed by atoms with E-state index in [2.05, 4.69) is 5.32 Å². The van der Waals surface area contributed by atoms with Gasteiger partial charge in [0.05, 0.1) is 10.7 Å². The third-order valence-electron chi connectivity index (χ3n) is 2.16. The lowest BCUT2D eigenvalue weighted by molar-refractivity contribution is -0.122. The Morgan fingerprint density at radius 3 is 2.93 bits per heavy atom. The fourth-order valence-electron chi connectivity index (χ4n) is 1.34. The number of hydrogen-bond donors (Lipinski definition) is 1. The predicted octanol–water partition coefficient (Wildman–Crippen LogP) is 1.87. The van der Waals surface area contributed by atoms with Gasteiger partial charge in [-0.3, -0.25) is 9.59 Å². The van der Waals surface area contributed by atoms with Gasteiger partial charge < -0.3 is 10.1 Å². The Labute approximate surface area is 91.2 Å². The average Bonchev–Trinajstić information content (AvgIpc) is 2.20. The maximum absolute atomic E-state index is 11.3. The summed E-state index contributed by atoms with van der Waals surface area (Å²) in [6.07, 6.45) is 0.0861. The Bertz CT molecular complexity index is 445. The second kappa shape index (κ2) is 3.55. The van der Waals surface area contributed by atoms with E-state index in [4.69, 9.17) is 16.3 Å². The van der Waals surface area contributed by atoms with Gasteiger partial charge in [0.1, 0.15) is 5.75 Å². The summed E-state index contributed by atoms with van der Waals surface area (Å²) in [5, 5.41) is 2.94. The Morgan fingerprint density at radius 2 is 2.27 bits per heavy atom. The molecule has 1 aromatic rings. The van der Waals surface area contributed by atoms with E-state index >= 15 is 0 Å². The summed E-state index contributed by atoms with van der Waals surface area (Å²) in [6, 6.07) is 3.02. The van der Waals surface area contributed by atoms with Gasteiger partial charge in [-0.15, -0.1) is 0 Å². The van der Waals surface area contributed by atoms with Gasteiger partial charge >= 0.3 is 0 Å². The number of halogens is 1. The van der Waals surface area contributed by atoms with Gasteiger partial charge in [-0.05, 0) is 13.0 Å². The zero-order valence-electron chi connectivity index (χ0n) is 7.91. The molecule has 15 heavy (non-hydrogen) atoms. The number of rotatable bonds is 1. The standard InChI is InChI=1S/C10H8ClNO3/c1-5-10(14)12-8-2-6(4-13)7(11)3-9(8)15-5/h2-5H,1H3,(H,12,14). The third kappa shape index (κ3) is 1.68. The highest BCUT2D eigenvalue weighted by Gasteiger charge is 2.24. The normalized spacial score (nSPS) is 18.8. The Balaban J connectivity index is 2.49. The molecular weight excluding hydrogens is 218 g/mol. The van der Waals surface area contributed by atoms with Crippen molar-refractivity contribution < 1.29 is 14.3 Å². The minimum Gasteiger partial charge on any atom is -0.479 e. The first-order valence-corrected chi connectivity index (χ1v) is 4.76. The summed E-state index contributed by atoms with van der Waals surface area (Å²) in [5.74, 6) is 0.249. The van der Waals surface area contributed by atoms with Crippen molar-refractivity contribution in [1.29, 1.82) is 0 Å². The molecule has 0 spiro atoms. The van der Waals surface area contributed by atoms with Crippen molar-refractivity contribution in [2.45, 2.75) is 13.0 Å². The third-order valence-corrected chi connectivity index (χ3v) is 2.48. The van der Waals surface area contributed by atoms with Gasteiger partial charge in [0.15, 0.2) is 12.4 Å². The zero-order chi connectivity index (χ0) is 11.0. The molecule has 1 atom stereocenters. The smallest absolute Gasteiger partial charge is 0.265 e. The van der Waals surface area contributed by atoms with Gasteiger partial charge in [-0.25, -0.2) is 0 Å². The SMILES string of the molecule is CC1Oc2cc(Cl)c(C=O)cc2NC1=O. The number of carbonyl (C=O) groups is 2. The number of anilines is 1. The van der Waals surface area contributed by atoms with E-state index in [1.807, 2.05) is 0 Å². The first kappa shape index (κ1) is 9.98. The Hall–Kier alpha value is -1.55. The fourth-order valence-corrected chi connectivity index (χ4v) is 1.53. The summed E-state index contributed by atoms with van der Waals surface area (Å²) in [4.78, 5) is 21.9. The van der Waals surface area contributed by atoms with E-state index < -0.39 is 6.10 Å². The van der Waals surface area contributed by atoms with E-state index in [1.54, 1.807) is 6.92 Å². The van der Waals surface area contributed by atoms with Crippen LogP contribution in [0.1, 0.15) is 17.3 Å². The second-order valence-electron chi connectivity index (χ2n) is 3.24. The molecule has 1 aromatic carbocycles. The molecule has 1 unspecified atom stereocenters. The van der Waals surface area contributed by atoms with Crippen molar-refractivity contribution in [3.8, 4) is 5.75 Å². The number of amides is 1. The number of ether oxygens (including phenoxy) is 1. The molecule has 0 saturated carbocycles. The fraction of sp³-hybridized carbons (Fsp3) is 0.200. The van der Waals surface area contributed by atoms with Gasteiger partial charge in [0.25, 0.3) is 5.91 Å². The van der Waals surface area contributed by atoms with Gasteiger partial charge in [0.2, 0.25) is 0 Å². The zero-order valence-corrected chi connectivity index (χ0v) is 8.67. The molecule has 4 nitrogen and oxygen atoms in total. The number of hydrogen-bond acceptors (Lipinski definition) is 3. The Morgan fingerprint density at radius 1 is 1.53 bits per heavy atom. The number of fused-ring (bicyclic) bond motifs is 1. The van der Waals surface area contributed by atoms with E-state index in [0.717, 1.165) is 0 Å². The summed E-state index contributed by atoms with van der Waals surface area (Å²) < 4.78 is 5.31. The van der Waals surface area contributed by atoms with Crippen LogP contribution in [0, 0.1) is 0 Å². The molecule has 1 amide bonds. The van der Waals surface area contributed by atoms with Crippen LogP contribution in [-0.4, -0.2) is 18.3 Å². The van der Waals surface area contributed by atoms with Crippen LogP contribution in [-0.2, 0) is 4.79 Å². The largest absolute Gasteiger partial charge is 0.479 e. The summed E-state index contributed by atoms with van der Waals surface area (Å²) in [5.41, 5.74) is 0.804. The highest BCUT2D eigenvalue weighted by Crippen LogP contribution is 2.34. The number of nitrogens with one attached hydrogen (secondary N) is 1. The van der Waals surface area contributed by atoms with E-state index in [1.165, 1.54) is 12.1 Å². The van der Waals surface area contributed by atoms with Crippen molar-refractivity contribution in [2.75, 3.05) is 5.32 Å². The van der Waals surface area contributed by atoms with Crippen LogP contribution in [0.3, 0.4) is 0 Å². The van der Waals surface area contributed by atoms with Crippen LogP contribution in [0.25, 0.3) is 0 Å². The molecule has 1 heterocycles. The molecule has 2 rings (SSSR count). The molecule has 0 aromatic heterocycles. The van der Waals surface area contributed by atoms with Gasteiger partial charge in [-0.2, -0.15) is 0 Å². The average molecular weight is 226 g/mol. The second-order valence-corrected chi connectivity index (χ2v) is 3.64. The Kier molecular flexibility index (Phi) is 2.36. The summed E-state index contributed by atoms with van der Waals surface area (Å²) in [7, 11) is 0. The summed E-state index contributed by atoms with van der Waals surface area (Å²) in [6.45, 7) is 1.64. The lowest BCUT2D eigenvalue weighted by atomic mass is 10.1. The van der Waals surface area contributed by atoms with Crippen molar-refractivity contribution in [2.24, 2.45) is 0 Å². The molecule has 78 valence electrons. The molecule has 1 aliphatic heterocycles. The first-order chi connectivity index (χ1) is 7.11. The van der Waals surface area contributed by atoms with Crippen molar-refractivity contribution in [3.05, 3.63) is 22.7 Å². The van der Waals surface area contributed by atoms with E-state index in [0.29, 0.717) is 28.3 Å². The minimum absolute atomic E-state index is 0.235. The molecule has 1 N–H and O–H groups in total. The highest BCUT2D eigenvalue weighted by molar-refractivity contribution is 6.33. The van der Waals surface area contributed by atoms with Crippen LogP contribution in [0.15, 0.2) is 12.1 Å². The molecule has 1 aliphatic rings. The van der Waals surface area contributed by atoms with E-state index in [-0.39, 0.29) is 5.91 Å². The summed E-state index contributed by atoms with van der Waals surface area (Å²) >= 11 is 5.82. The molecule has 0 aliphatic carbocycles. The van der Waals surface area contributed by atoms with Gasteiger partial charge in [0, 0.05) is 11.6 Å². The lowest BCUT2D eigenvalue weighted by Gasteiger charge is -2.23. The number of carbonyl (C=O) groups excluding carboxylic acids is 2. The molecule has 0 saturated heterocycles.